The van der Waals surface area contributed by atoms with E-state index in [1.165, 1.54) is 4.90 Å². The Bertz CT molecular complexity index is 921. The lowest BCUT2D eigenvalue weighted by atomic mass is 10.2. The van der Waals surface area contributed by atoms with Gasteiger partial charge >= 0.3 is 12.1 Å². The Morgan fingerprint density at radius 3 is 2.58 bits per heavy atom. The highest BCUT2D eigenvalue weighted by Gasteiger charge is 2.20. The molecule has 0 atom stereocenters. The molecule has 0 fully saturated rings. The lowest BCUT2D eigenvalue weighted by Crippen LogP contribution is -2.24. The zero-order valence-electron chi connectivity index (χ0n) is 14.4. The van der Waals surface area contributed by atoms with E-state index in [0.717, 1.165) is 16.6 Å². The first-order valence-corrected chi connectivity index (χ1v) is 7.85. The lowest BCUT2D eigenvalue weighted by molar-refractivity contribution is -0.00905. The predicted molar refractivity (Wildman–Crippen MR) is 96.3 cm³/mol. The van der Waals surface area contributed by atoms with Crippen LogP contribution in [0.25, 0.3) is 10.9 Å². The third-order valence-corrected chi connectivity index (χ3v) is 3.60. The van der Waals surface area contributed by atoms with Crippen molar-refractivity contribution < 1.29 is 19.1 Å². The summed E-state index contributed by atoms with van der Waals surface area (Å²) in [6.45, 7) is -0.472. The third kappa shape index (κ3) is 3.75. The van der Waals surface area contributed by atoms with Gasteiger partial charge in [0.1, 0.15) is 5.69 Å². The van der Waals surface area contributed by atoms with Gasteiger partial charge in [-0.05, 0) is 18.2 Å². The first-order valence-electron chi connectivity index (χ1n) is 7.85. The van der Waals surface area contributed by atoms with Crippen LogP contribution in [0.2, 0.25) is 0 Å². The number of carbonyl (C=O) groups is 2. The fourth-order valence-electron chi connectivity index (χ4n) is 2.34. The first-order chi connectivity index (χ1) is 12.6. The lowest BCUT2D eigenvalue weighted by Gasteiger charge is -2.11. The maximum absolute atomic E-state index is 12.5. The molecule has 2 heterocycles. The van der Waals surface area contributed by atoms with Crippen LogP contribution in [0.1, 0.15) is 10.5 Å². The van der Waals surface area contributed by atoms with Crippen LogP contribution >= 0.6 is 0 Å². The maximum atomic E-state index is 12.5. The quantitative estimate of drug-likeness (QED) is 0.540. The van der Waals surface area contributed by atoms with Crippen molar-refractivity contribution in [3.63, 3.8) is 0 Å². The Hall–Kier alpha value is -3.55. The second-order valence-electron chi connectivity index (χ2n) is 5.64. The number of benzene rings is 1. The van der Waals surface area contributed by atoms with Crippen molar-refractivity contribution in [3.05, 3.63) is 54.5 Å². The topological polar surface area (TPSA) is 96.5 Å². The largest absolute Gasteiger partial charge is 0.423 e. The van der Waals surface area contributed by atoms with E-state index in [-0.39, 0.29) is 5.69 Å². The molecular weight excluding hydrogens is 336 g/mol. The van der Waals surface area contributed by atoms with Crippen molar-refractivity contribution >= 4 is 34.3 Å². The second-order valence-corrected chi connectivity index (χ2v) is 5.64. The molecule has 0 radical (unpaired) electrons. The fourth-order valence-corrected chi connectivity index (χ4v) is 2.34. The van der Waals surface area contributed by atoms with Crippen molar-refractivity contribution in [1.29, 1.82) is 0 Å². The number of fused-ring (bicyclic) bond motifs is 1. The van der Waals surface area contributed by atoms with Gasteiger partial charge in [0.25, 0.3) is 0 Å². The molecule has 0 bridgehead atoms. The van der Waals surface area contributed by atoms with Crippen LogP contribution in [-0.2, 0) is 9.47 Å². The number of hydrogen-bond donors (Lipinski definition) is 2. The standard InChI is InChI=1S/C18H18N4O4/c1-22(2)18(24)26-11-25-17(23)16-15(20-12-7-9-19-10-8-12)13-5-3-4-6-14(13)21-16/h3-10,21H,11H2,1-2H3,(H,19,20). The normalized spacial score (nSPS) is 10.4. The minimum atomic E-state index is -0.635. The molecule has 0 aliphatic rings. The summed E-state index contributed by atoms with van der Waals surface area (Å²) in [6, 6.07) is 11.1. The van der Waals surface area contributed by atoms with Gasteiger partial charge in [-0.25, -0.2) is 9.59 Å². The van der Waals surface area contributed by atoms with E-state index in [4.69, 9.17) is 9.47 Å². The molecule has 2 aromatic heterocycles. The average molecular weight is 354 g/mol. The molecule has 3 aromatic rings. The zero-order chi connectivity index (χ0) is 18.5. The fraction of sp³-hybridized carbons (Fsp3) is 0.167. The summed E-state index contributed by atoms with van der Waals surface area (Å²) in [6.07, 6.45) is 2.70. The molecule has 8 heteroatoms. The number of rotatable bonds is 5. The summed E-state index contributed by atoms with van der Waals surface area (Å²) in [4.78, 5) is 32.1. The number of nitrogens with zero attached hydrogens (tertiary/aromatic N) is 2. The molecule has 3 rings (SSSR count). The number of ether oxygens (including phenoxy) is 2. The van der Waals surface area contributed by atoms with Crippen molar-refractivity contribution in [2.45, 2.75) is 0 Å². The maximum Gasteiger partial charge on any atom is 0.412 e. The number of H-pyrrole nitrogens is 1. The molecule has 2 N–H and O–H groups in total. The van der Waals surface area contributed by atoms with Crippen molar-refractivity contribution in [1.82, 2.24) is 14.9 Å². The molecule has 0 saturated carbocycles. The third-order valence-electron chi connectivity index (χ3n) is 3.60. The molecule has 1 amide bonds. The molecule has 26 heavy (non-hydrogen) atoms. The zero-order valence-corrected chi connectivity index (χ0v) is 14.4. The molecule has 134 valence electrons. The second kappa shape index (κ2) is 7.56. The molecule has 0 unspecified atom stereocenters. The Morgan fingerprint density at radius 1 is 1.12 bits per heavy atom. The van der Waals surface area contributed by atoms with E-state index in [9.17, 15) is 9.59 Å². The van der Waals surface area contributed by atoms with Crippen LogP contribution in [0.15, 0.2) is 48.8 Å². The molecule has 1 aromatic carbocycles. The van der Waals surface area contributed by atoms with Crippen LogP contribution in [0.5, 0.6) is 0 Å². The summed E-state index contributed by atoms with van der Waals surface area (Å²) in [5.41, 5.74) is 2.37. The minimum Gasteiger partial charge on any atom is -0.423 e. The van der Waals surface area contributed by atoms with Gasteiger partial charge in [0.15, 0.2) is 0 Å². The smallest absolute Gasteiger partial charge is 0.412 e. The minimum absolute atomic E-state index is 0.240. The summed E-state index contributed by atoms with van der Waals surface area (Å²) in [5, 5.41) is 4.04. The number of para-hydroxylation sites is 1. The SMILES string of the molecule is CN(C)C(=O)OCOC(=O)c1[nH]c2ccccc2c1Nc1ccncc1. The van der Waals surface area contributed by atoms with Gasteiger partial charge < -0.3 is 24.7 Å². The first kappa shape index (κ1) is 17.3. The van der Waals surface area contributed by atoms with Gasteiger partial charge in [0, 0.05) is 43.1 Å². The number of anilines is 2. The van der Waals surface area contributed by atoms with E-state index in [2.05, 4.69) is 15.3 Å². The van der Waals surface area contributed by atoms with Crippen molar-refractivity contribution in [2.24, 2.45) is 0 Å². The number of amides is 1. The number of aromatic nitrogens is 2. The van der Waals surface area contributed by atoms with Gasteiger partial charge in [0.05, 0.1) is 5.69 Å². The highest BCUT2D eigenvalue weighted by Crippen LogP contribution is 2.30. The molecule has 0 aliphatic carbocycles. The molecular formula is C18H18N4O4. The van der Waals surface area contributed by atoms with Crippen LogP contribution in [0, 0.1) is 0 Å². The Labute approximate surface area is 149 Å². The van der Waals surface area contributed by atoms with Crippen LogP contribution in [0.3, 0.4) is 0 Å². The Kier molecular flexibility index (Phi) is 5.02. The highest BCUT2D eigenvalue weighted by atomic mass is 16.7. The van der Waals surface area contributed by atoms with E-state index in [0.29, 0.717) is 5.69 Å². The van der Waals surface area contributed by atoms with Gasteiger partial charge in [-0.3, -0.25) is 4.98 Å². The number of pyridine rings is 1. The monoisotopic (exact) mass is 354 g/mol. The number of aromatic amines is 1. The van der Waals surface area contributed by atoms with Gasteiger partial charge in [-0.15, -0.1) is 0 Å². The van der Waals surface area contributed by atoms with Crippen molar-refractivity contribution in [3.8, 4) is 0 Å². The molecule has 0 saturated heterocycles. The van der Waals surface area contributed by atoms with Gasteiger partial charge in [0.2, 0.25) is 6.79 Å². The Morgan fingerprint density at radius 2 is 1.85 bits per heavy atom. The number of hydrogen-bond acceptors (Lipinski definition) is 6. The van der Waals surface area contributed by atoms with Crippen LogP contribution < -0.4 is 5.32 Å². The average Bonchev–Trinajstić information content (AvgIpc) is 3.01. The summed E-state index contributed by atoms with van der Waals surface area (Å²) < 4.78 is 9.89. The van der Waals surface area contributed by atoms with E-state index in [1.807, 2.05) is 24.3 Å². The van der Waals surface area contributed by atoms with Crippen molar-refractivity contribution in [2.75, 3.05) is 26.2 Å². The summed E-state index contributed by atoms with van der Waals surface area (Å²) in [5.74, 6) is -0.635. The van der Waals surface area contributed by atoms with E-state index >= 15 is 0 Å². The van der Waals surface area contributed by atoms with E-state index < -0.39 is 18.9 Å². The predicted octanol–water partition coefficient (Wildman–Crippen LogP) is 3.12. The molecule has 8 nitrogen and oxygen atoms in total. The molecule has 0 aliphatic heterocycles. The summed E-state index contributed by atoms with van der Waals surface area (Å²) in [7, 11) is 3.08. The van der Waals surface area contributed by atoms with Gasteiger partial charge in [-0.2, -0.15) is 0 Å². The summed E-state index contributed by atoms with van der Waals surface area (Å²) >= 11 is 0. The number of nitrogens with one attached hydrogen (secondary N) is 2. The van der Waals surface area contributed by atoms with Gasteiger partial charge in [-0.1, -0.05) is 18.2 Å². The number of esters is 1. The van der Waals surface area contributed by atoms with Crippen LogP contribution in [0.4, 0.5) is 16.2 Å². The van der Waals surface area contributed by atoms with Crippen LogP contribution in [-0.4, -0.2) is 47.8 Å². The highest BCUT2D eigenvalue weighted by molar-refractivity contribution is 6.07. The Balaban J connectivity index is 1.84. The number of carbonyl (C=O) groups excluding carboxylic acids is 2. The molecule has 0 spiro atoms. The van der Waals surface area contributed by atoms with E-state index in [1.54, 1.807) is 38.6 Å².